The number of rotatable bonds is 10. The fourth-order valence-electron chi connectivity index (χ4n) is 4.57. The molecule has 0 bridgehead atoms. The Kier molecular flexibility index (Phi) is 8.29. The molecule has 0 spiro atoms. The molecule has 2 aromatic heterocycles. The van der Waals surface area contributed by atoms with Gasteiger partial charge < -0.3 is 9.47 Å². The fraction of sp³-hybridized carbons (Fsp3) is 0.500. The van der Waals surface area contributed by atoms with E-state index in [1.807, 2.05) is 0 Å². The Morgan fingerprint density at radius 1 is 1.08 bits per heavy atom. The maximum Gasteiger partial charge on any atom is 0.160 e. The molecule has 0 amide bonds. The maximum absolute atomic E-state index is 13.6. The minimum absolute atomic E-state index is 0.0478. The van der Waals surface area contributed by atoms with Crippen molar-refractivity contribution in [1.29, 1.82) is 0 Å². The lowest BCUT2D eigenvalue weighted by atomic mass is 10.0. The van der Waals surface area contributed by atoms with E-state index in [0.29, 0.717) is 46.7 Å². The molecule has 0 aliphatic carbocycles. The summed E-state index contributed by atoms with van der Waals surface area (Å²) < 4.78 is 64.1. The predicted molar refractivity (Wildman–Crippen MR) is 142 cm³/mol. The summed E-state index contributed by atoms with van der Waals surface area (Å²) in [6.45, 7) is 3.35. The fourth-order valence-corrected chi connectivity index (χ4v) is 8.08. The van der Waals surface area contributed by atoms with E-state index < -0.39 is 36.6 Å². The summed E-state index contributed by atoms with van der Waals surface area (Å²) in [6, 6.07) is 5.20. The summed E-state index contributed by atoms with van der Waals surface area (Å²) in [5.41, 5.74) is 0.449. The summed E-state index contributed by atoms with van der Waals surface area (Å²) in [6.07, 6.45) is 3.67. The number of aromatic nitrogens is 5. The first-order chi connectivity index (χ1) is 18.0. The Bertz CT molecular complexity index is 1490. The summed E-state index contributed by atoms with van der Waals surface area (Å²) in [5.74, 6) is 0.885. The highest BCUT2D eigenvalue weighted by Crippen LogP contribution is 2.36. The normalized spacial score (nSPS) is 18.7. The molecule has 3 aromatic rings. The van der Waals surface area contributed by atoms with Crippen molar-refractivity contribution in [3.8, 4) is 17.2 Å². The van der Waals surface area contributed by atoms with Crippen LogP contribution < -0.4 is 9.47 Å². The summed E-state index contributed by atoms with van der Waals surface area (Å²) in [5, 5.41) is 8.08. The van der Waals surface area contributed by atoms with Crippen molar-refractivity contribution < 1.29 is 26.3 Å². The van der Waals surface area contributed by atoms with Gasteiger partial charge in [-0.15, -0.1) is 10.2 Å². The van der Waals surface area contributed by atoms with Crippen LogP contribution in [0.25, 0.3) is 5.69 Å². The van der Waals surface area contributed by atoms with Crippen molar-refractivity contribution >= 4 is 31.3 Å². The van der Waals surface area contributed by atoms with Gasteiger partial charge in [0.05, 0.1) is 36.0 Å². The van der Waals surface area contributed by atoms with Crippen LogP contribution in [0, 0.1) is 5.92 Å². The van der Waals surface area contributed by atoms with Crippen molar-refractivity contribution in [2.24, 2.45) is 5.92 Å². The van der Waals surface area contributed by atoms with E-state index >= 15 is 0 Å². The first-order valence-electron chi connectivity index (χ1n) is 12.0. The van der Waals surface area contributed by atoms with Crippen LogP contribution in [-0.2, 0) is 31.8 Å². The van der Waals surface area contributed by atoms with E-state index in [1.165, 1.54) is 26.6 Å². The maximum atomic E-state index is 13.6. The number of sulfone groups is 2. The lowest BCUT2D eigenvalue weighted by Crippen LogP contribution is -2.27. The van der Waals surface area contributed by atoms with Gasteiger partial charge in [0.2, 0.25) is 0 Å². The topological polar surface area (TPSA) is 143 Å². The first kappa shape index (κ1) is 28.2. The molecule has 4 rings (SSSR count). The van der Waals surface area contributed by atoms with Crippen LogP contribution in [0.4, 0.5) is 0 Å². The van der Waals surface area contributed by atoms with Gasteiger partial charge in [0.15, 0.2) is 25.5 Å². The molecule has 1 aromatic carbocycles. The highest BCUT2D eigenvalue weighted by atomic mass is 35.5. The van der Waals surface area contributed by atoms with Crippen molar-refractivity contribution in [2.75, 3.05) is 25.7 Å². The van der Waals surface area contributed by atoms with E-state index in [4.69, 9.17) is 21.1 Å². The van der Waals surface area contributed by atoms with Gasteiger partial charge >= 0.3 is 0 Å². The second kappa shape index (κ2) is 11.1. The third kappa shape index (κ3) is 5.94. The molecule has 0 radical (unpaired) electrons. The van der Waals surface area contributed by atoms with Crippen LogP contribution in [0.3, 0.4) is 0 Å². The zero-order valence-corrected chi connectivity index (χ0v) is 23.9. The molecule has 206 valence electrons. The summed E-state index contributed by atoms with van der Waals surface area (Å²) in [4.78, 5) is 8.36. The van der Waals surface area contributed by atoms with E-state index in [0.717, 1.165) is 0 Å². The molecule has 0 saturated carbocycles. The Hall–Kier alpha value is -2.77. The lowest BCUT2D eigenvalue weighted by Gasteiger charge is -2.21. The molecule has 0 N–H and O–H groups in total. The number of para-hydroxylation sites is 1. The van der Waals surface area contributed by atoms with Crippen LogP contribution >= 0.6 is 11.6 Å². The van der Waals surface area contributed by atoms with Crippen molar-refractivity contribution in [2.45, 2.75) is 43.6 Å². The van der Waals surface area contributed by atoms with Crippen molar-refractivity contribution in [3.63, 3.8) is 0 Å². The van der Waals surface area contributed by atoms with Gasteiger partial charge in [-0.2, -0.15) is 0 Å². The molecule has 38 heavy (non-hydrogen) atoms. The molecule has 1 aliphatic rings. The number of benzene rings is 1. The molecule has 1 saturated heterocycles. The van der Waals surface area contributed by atoms with Gasteiger partial charge in [-0.3, -0.25) is 4.57 Å². The minimum Gasteiger partial charge on any atom is -0.494 e. The first-order valence-corrected chi connectivity index (χ1v) is 15.9. The predicted octanol–water partition coefficient (Wildman–Crippen LogP) is 2.81. The standard InChI is InChI=1S/C24H30ClN5O6S2/c1-15(24-26-11-18(25)12-27-24)16(2)38(33,34)14-22-29-28-21(10-17-8-9-37(31,32)13-17)30(22)23-19(35-3)6-5-7-20(23)36-4/h5-7,11-12,15-17H,8-10,13-14H2,1-4H3/t15-,16-,17+/m0/s1. The zero-order chi connectivity index (χ0) is 27.7. The average molecular weight is 584 g/mol. The highest BCUT2D eigenvalue weighted by molar-refractivity contribution is 7.91. The van der Waals surface area contributed by atoms with E-state index in [2.05, 4.69) is 20.2 Å². The molecule has 14 heteroatoms. The third-order valence-corrected chi connectivity index (χ3v) is 11.1. The average Bonchev–Trinajstić information content (AvgIpc) is 3.43. The van der Waals surface area contributed by atoms with E-state index in [-0.39, 0.29) is 23.2 Å². The number of methoxy groups -OCH3 is 2. The lowest BCUT2D eigenvalue weighted by molar-refractivity contribution is 0.389. The van der Waals surface area contributed by atoms with Gasteiger partial charge in [0, 0.05) is 24.7 Å². The number of ether oxygens (including phenoxy) is 2. The van der Waals surface area contributed by atoms with Crippen LogP contribution in [0.15, 0.2) is 30.6 Å². The van der Waals surface area contributed by atoms with Crippen LogP contribution in [0.2, 0.25) is 5.02 Å². The molecule has 3 heterocycles. The Labute approximate surface area is 227 Å². The Balaban J connectivity index is 1.75. The van der Waals surface area contributed by atoms with Gasteiger partial charge in [-0.1, -0.05) is 24.6 Å². The second-order valence-electron chi connectivity index (χ2n) is 9.41. The summed E-state index contributed by atoms with van der Waals surface area (Å²) in [7, 11) is -3.90. The summed E-state index contributed by atoms with van der Waals surface area (Å²) >= 11 is 5.88. The Morgan fingerprint density at radius 3 is 2.24 bits per heavy atom. The molecular weight excluding hydrogens is 554 g/mol. The highest BCUT2D eigenvalue weighted by Gasteiger charge is 2.34. The van der Waals surface area contributed by atoms with Crippen molar-refractivity contribution in [3.05, 3.63) is 53.1 Å². The molecule has 0 unspecified atom stereocenters. The van der Waals surface area contributed by atoms with Gasteiger partial charge in [-0.05, 0) is 31.4 Å². The SMILES string of the molecule is COc1cccc(OC)c1-n1c(C[C@H]2CCS(=O)(=O)C2)nnc1CS(=O)(=O)[C@@H](C)[C@H](C)c1ncc(Cl)cn1. The van der Waals surface area contributed by atoms with Crippen LogP contribution in [0.1, 0.15) is 43.7 Å². The van der Waals surface area contributed by atoms with Gasteiger partial charge in [-0.25, -0.2) is 26.8 Å². The number of hydrogen-bond acceptors (Lipinski definition) is 10. The van der Waals surface area contributed by atoms with E-state index in [1.54, 1.807) is 36.6 Å². The van der Waals surface area contributed by atoms with Gasteiger partial charge in [0.1, 0.15) is 34.6 Å². The quantitative estimate of drug-likeness (QED) is 0.349. The second-order valence-corrected chi connectivity index (χ2v) is 14.4. The van der Waals surface area contributed by atoms with Gasteiger partial charge in [0.25, 0.3) is 0 Å². The third-order valence-electron chi connectivity index (χ3n) is 6.87. The minimum atomic E-state index is -3.79. The molecular formula is C24H30ClN5O6S2. The smallest absolute Gasteiger partial charge is 0.160 e. The number of nitrogens with zero attached hydrogens (tertiary/aromatic N) is 5. The molecule has 3 atom stereocenters. The zero-order valence-electron chi connectivity index (χ0n) is 21.5. The molecule has 1 fully saturated rings. The molecule has 1 aliphatic heterocycles. The monoisotopic (exact) mass is 583 g/mol. The molecule has 11 nitrogen and oxygen atoms in total. The van der Waals surface area contributed by atoms with E-state index in [9.17, 15) is 16.8 Å². The number of hydrogen-bond donors (Lipinski definition) is 0. The van der Waals surface area contributed by atoms with Crippen LogP contribution in [0.5, 0.6) is 11.5 Å². The van der Waals surface area contributed by atoms with Crippen LogP contribution in [-0.4, -0.2) is 72.5 Å². The Morgan fingerprint density at radius 2 is 1.68 bits per heavy atom. The largest absolute Gasteiger partial charge is 0.494 e. The van der Waals surface area contributed by atoms with Crippen molar-refractivity contribution in [1.82, 2.24) is 24.7 Å². The number of halogens is 1.